The Balaban J connectivity index is 1.55. The number of hydrogen-bond donors (Lipinski definition) is 1. The number of nitrogens with one attached hydrogen (secondary N) is 1. The largest absolute Gasteiger partial charge is 0.325 e. The maximum Gasteiger partial charge on any atom is 0.227 e. The second-order valence-electron chi connectivity index (χ2n) is 6.91. The minimum absolute atomic E-state index is 0.0260. The summed E-state index contributed by atoms with van der Waals surface area (Å²) in [5.74, 6) is 0.690. The summed E-state index contributed by atoms with van der Waals surface area (Å²) in [7, 11) is 0. The zero-order valence-electron chi connectivity index (χ0n) is 13.1. The van der Waals surface area contributed by atoms with Crippen molar-refractivity contribution < 1.29 is 9.59 Å². The molecule has 3 nitrogen and oxygen atoms in total. The van der Waals surface area contributed by atoms with E-state index in [0.717, 1.165) is 48.6 Å². The molecule has 23 heavy (non-hydrogen) atoms. The van der Waals surface area contributed by atoms with Crippen molar-refractivity contribution in [1.29, 1.82) is 0 Å². The molecule has 0 radical (unpaired) electrons. The molecular weight excluding hydrogens is 286 g/mol. The molecule has 4 rings (SSSR count). The van der Waals surface area contributed by atoms with Crippen LogP contribution < -0.4 is 5.32 Å². The average Bonchev–Trinajstić information content (AvgIpc) is 2.55. The van der Waals surface area contributed by atoms with Gasteiger partial charge in [-0.1, -0.05) is 42.8 Å². The van der Waals surface area contributed by atoms with Crippen LogP contribution in [0.2, 0.25) is 0 Å². The van der Waals surface area contributed by atoms with Gasteiger partial charge in [0.1, 0.15) is 5.78 Å². The van der Waals surface area contributed by atoms with E-state index in [1.807, 2.05) is 30.3 Å². The van der Waals surface area contributed by atoms with Gasteiger partial charge in [0.25, 0.3) is 0 Å². The molecule has 2 fully saturated rings. The molecule has 118 valence electrons. The first kappa shape index (κ1) is 14.4. The van der Waals surface area contributed by atoms with Crippen LogP contribution in [-0.4, -0.2) is 11.7 Å². The van der Waals surface area contributed by atoms with Crippen LogP contribution in [-0.2, 0) is 9.59 Å². The molecule has 2 unspecified atom stereocenters. The normalized spacial score (nSPS) is 27.0. The molecule has 2 bridgehead atoms. The van der Waals surface area contributed by atoms with Crippen LogP contribution >= 0.6 is 0 Å². The van der Waals surface area contributed by atoms with E-state index >= 15 is 0 Å². The smallest absolute Gasteiger partial charge is 0.227 e. The summed E-state index contributed by atoms with van der Waals surface area (Å²) >= 11 is 0. The molecule has 2 aromatic rings. The summed E-state index contributed by atoms with van der Waals surface area (Å²) in [4.78, 5) is 24.9. The minimum Gasteiger partial charge on any atom is -0.325 e. The van der Waals surface area contributed by atoms with E-state index in [0.29, 0.717) is 5.78 Å². The standard InChI is InChI=1S/C20H21NO2/c22-19-14-7-3-8-15(19)12-16(11-14)20(23)21-18-10-4-6-13-5-1-2-9-17(13)18/h1-2,4-6,9-10,14-16H,3,7-8,11-12H2,(H,21,23). The molecule has 2 aromatic carbocycles. The van der Waals surface area contributed by atoms with Crippen LogP contribution in [0.25, 0.3) is 10.8 Å². The van der Waals surface area contributed by atoms with Gasteiger partial charge in [0.15, 0.2) is 0 Å². The zero-order valence-corrected chi connectivity index (χ0v) is 13.1. The Labute approximate surface area is 136 Å². The number of benzene rings is 2. The first-order valence-corrected chi connectivity index (χ1v) is 8.55. The van der Waals surface area contributed by atoms with E-state index in [1.54, 1.807) is 0 Å². The number of rotatable bonds is 2. The van der Waals surface area contributed by atoms with Gasteiger partial charge in [-0.3, -0.25) is 9.59 Å². The van der Waals surface area contributed by atoms with E-state index < -0.39 is 0 Å². The summed E-state index contributed by atoms with van der Waals surface area (Å²) in [5, 5.41) is 5.30. The Morgan fingerprint density at radius 3 is 2.43 bits per heavy atom. The van der Waals surface area contributed by atoms with Gasteiger partial charge in [0.05, 0.1) is 0 Å². The molecule has 1 N–H and O–H groups in total. The summed E-state index contributed by atoms with van der Waals surface area (Å²) in [6.45, 7) is 0. The molecule has 3 heteroatoms. The first-order chi connectivity index (χ1) is 11.2. The lowest BCUT2D eigenvalue weighted by Gasteiger charge is -2.37. The third-order valence-electron chi connectivity index (χ3n) is 5.47. The van der Waals surface area contributed by atoms with Crippen LogP contribution in [0.4, 0.5) is 5.69 Å². The summed E-state index contributed by atoms with van der Waals surface area (Å²) in [5.41, 5.74) is 0.871. The van der Waals surface area contributed by atoms with Gasteiger partial charge in [-0.2, -0.15) is 0 Å². The van der Waals surface area contributed by atoms with E-state index in [9.17, 15) is 9.59 Å². The fourth-order valence-electron chi connectivity index (χ4n) is 4.26. The second kappa shape index (κ2) is 5.80. The third kappa shape index (κ3) is 2.65. The fourth-order valence-corrected chi connectivity index (χ4v) is 4.26. The zero-order chi connectivity index (χ0) is 15.8. The van der Waals surface area contributed by atoms with Crippen molar-refractivity contribution >= 4 is 28.2 Å². The third-order valence-corrected chi connectivity index (χ3v) is 5.47. The van der Waals surface area contributed by atoms with Gasteiger partial charge >= 0.3 is 0 Å². The average molecular weight is 307 g/mol. The number of amides is 1. The van der Waals surface area contributed by atoms with Crippen LogP contribution in [0.5, 0.6) is 0 Å². The molecule has 0 aliphatic heterocycles. The van der Waals surface area contributed by atoms with Gasteiger partial charge in [-0.05, 0) is 37.1 Å². The highest BCUT2D eigenvalue weighted by Crippen LogP contribution is 2.40. The highest BCUT2D eigenvalue weighted by Gasteiger charge is 2.41. The number of carbonyl (C=O) groups is 2. The van der Waals surface area contributed by atoms with Crippen molar-refractivity contribution in [2.45, 2.75) is 32.1 Å². The Kier molecular flexibility index (Phi) is 3.64. The second-order valence-corrected chi connectivity index (χ2v) is 6.91. The van der Waals surface area contributed by atoms with Crippen LogP contribution in [0.3, 0.4) is 0 Å². The monoisotopic (exact) mass is 307 g/mol. The lowest BCUT2D eigenvalue weighted by molar-refractivity contribution is -0.136. The van der Waals surface area contributed by atoms with Gasteiger partial charge in [0, 0.05) is 28.8 Å². The fraction of sp³-hybridized carbons (Fsp3) is 0.400. The summed E-state index contributed by atoms with van der Waals surface area (Å²) in [6, 6.07) is 14.0. The van der Waals surface area contributed by atoms with E-state index in [2.05, 4.69) is 17.4 Å². The van der Waals surface area contributed by atoms with Gasteiger partial charge < -0.3 is 5.32 Å². The van der Waals surface area contributed by atoms with Gasteiger partial charge in [0.2, 0.25) is 5.91 Å². The molecule has 0 aromatic heterocycles. The molecule has 1 amide bonds. The number of hydrogen-bond acceptors (Lipinski definition) is 2. The van der Waals surface area contributed by atoms with Gasteiger partial charge in [-0.25, -0.2) is 0 Å². The first-order valence-electron chi connectivity index (χ1n) is 8.55. The number of anilines is 1. The maximum atomic E-state index is 12.7. The number of ketones is 1. The van der Waals surface area contributed by atoms with Crippen molar-refractivity contribution in [2.75, 3.05) is 5.32 Å². The SMILES string of the molecule is O=C(Nc1cccc2ccccc12)C1CC2CCCC(C1)C2=O. The Morgan fingerprint density at radius 1 is 0.957 bits per heavy atom. The van der Waals surface area contributed by atoms with Crippen LogP contribution in [0.15, 0.2) is 42.5 Å². The van der Waals surface area contributed by atoms with E-state index in [1.165, 1.54) is 0 Å². The van der Waals surface area contributed by atoms with Crippen LogP contribution in [0.1, 0.15) is 32.1 Å². The molecule has 0 saturated heterocycles. The highest BCUT2D eigenvalue weighted by atomic mass is 16.2. The van der Waals surface area contributed by atoms with Gasteiger partial charge in [-0.15, -0.1) is 0 Å². The quantitative estimate of drug-likeness (QED) is 0.905. The lowest BCUT2D eigenvalue weighted by atomic mass is 9.67. The number of carbonyl (C=O) groups excluding carboxylic acids is 2. The maximum absolute atomic E-state index is 12.7. The van der Waals surface area contributed by atoms with Crippen molar-refractivity contribution in [2.24, 2.45) is 17.8 Å². The van der Waals surface area contributed by atoms with Crippen molar-refractivity contribution in [3.05, 3.63) is 42.5 Å². The molecule has 0 heterocycles. The number of fused-ring (bicyclic) bond motifs is 3. The highest BCUT2D eigenvalue weighted by molar-refractivity contribution is 6.03. The van der Waals surface area contributed by atoms with E-state index in [4.69, 9.17) is 0 Å². The van der Waals surface area contributed by atoms with Crippen LogP contribution in [0, 0.1) is 17.8 Å². The molecule has 2 saturated carbocycles. The van der Waals surface area contributed by atoms with E-state index in [-0.39, 0.29) is 23.7 Å². The Morgan fingerprint density at radius 2 is 1.65 bits per heavy atom. The molecule has 2 atom stereocenters. The van der Waals surface area contributed by atoms with Crippen molar-refractivity contribution in [3.8, 4) is 0 Å². The minimum atomic E-state index is -0.0260. The summed E-state index contributed by atoms with van der Waals surface area (Å²) < 4.78 is 0. The lowest BCUT2D eigenvalue weighted by Crippen LogP contribution is -2.40. The Bertz CT molecular complexity index is 746. The molecular formula is C20H21NO2. The summed E-state index contributed by atoms with van der Waals surface area (Å²) in [6.07, 6.45) is 4.53. The molecule has 2 aliphatic carbocycles. The molecule has 0 spiro atoms. The Hall–Kier alpha value is -2.16. The van der Waals surface area contributed by atoms with Crippen molar-refractivity contribution in [3.63, 3.8) is 0 Å². The topological polar surface area (TPSA) is 46.2 Å². The predicted octanol–water partition coefficient (Wildman–Crippen LogP) is 4.17. The van der Waals surface area contributed by atoms with Crippen molar-refractivity contribution in [1.82, 2.24) is 0 Å². The number of Topliss-reactive ketones (excluding diaryl/α,β-unsaturated/α-hetero) is 1. The molecule has 2 aliphatic rings. The predicted molar refractivity (Wildman–Crippen MR) is 91.1 cm³/mol.